The molecule has 4 rings (SSSR count). The molecule has 2 unspecified atom stereocenters. The Kier molecular flexibility index (Phi) is 4.85. The highest BCUT2D eigenvalue weighted by Gasteiger charge is 2.43. The van der Waals surface area contributed by atoms with Gasteiger partial charge in [0.2, 0.25) is 0 Å². The van der Waals surface area contributed by atoms with E-state index >= 15 is 0 Å². The van der Waals surface area contributed by atoms with Crippen LogP contribution in [0.25, 0.3) is 0 Å². The van der Waals surface area contributed by atoms with E-state index in [1.165, 1.54) is 18.4 Å². The number of nitriles is 1. The number of ketones is 1. The Morgan fingerprint density at radius 3 is 2.22 bits per heavy atom. The molecule has 0 radical (unpaired) electrons. The topological polar surface area (TPSA) is 44.1 Å². The molecule has 0 amide bonds. The fourth-order valence-electron chi connectivity index (χ4n) is 5.16. The fraction of sp³-hybridized carbons (Fsp3) is 0.417. The lowest BCUT2D eigenvalue weighted by atomic mass is 9.82. The molecule has 2 fully saturated rings. The summed E-state index contributed by atoms with van der Waals surface area (Å²) >= 11 is 0. The molecule has 2 bridgehead atoms. The van der Waals surface area contributed by atoms with Gasteiger partial charge in [-0.3, -0.25) is 9.69 Å². The molecule has 2 aliphatic heterocycles. The van der Waals surface area contributed by atoms with E-state index in [2.05, 4.69) is 41.3 Å². The van der Waals surface area contributed by atoms with Crippen LogP contribution < -0.4 is 0 Å². The van der Waals surface area contributed by atoms with E-state index in [0.717, 1.165) is 36.1 Å². The first-order chi connectivity index (χ1) is 13.1. The molecule has 2 aromatic rings. The minimum Gasteiger partial charge on any atom is -0.294 e. The van der Waals surface area contributed by atoms with E-state index in [1.54, 1.807) is 0 Å². The van der Waals surface area contributed by atoms with E-state index in [0.29, 0.717) is 17.6 Å². The first-order valence-corrected chi connectivity index (χ1v) is 9.92. The Bertz CT molecular complexity index is 859. The number of nitrogens with zero attached hydrogens (tertiary/aromatic N) is 2. The van der Waals surface area contributed by atoms with E-state index in [4.69, 9.17) is 5.26 Å². The molecule has 2 heterocycles. The van der Waals surface area contributed by atoms with Crippen LogP contribution in [0.5, 0.6) is 0 Å². The molecular weight excluding hydrogens is 332 g/mol. The first kappa shape index (κ1) is 17.9. The van der Waals surface area contributed by atoms with Gasteiger partial charge in [0.05, 0.1) is 11.6 Å². The molecule has 2 aromatic carbocycles. The Morgan fingerprint density at radius 1 is 1.07 bits per heavy atom. The van der Waals surface area contributed by atoms with Gasteiger partial charge in [0, 0.05) is 30.1 Å². The second kappa shape index (κ2) is 7.29. The van der Waals surface area contributed by atoms with Crippen LogP contribution in [0, 0.1) is 31.1 Å². The van der Waals surface area contributed by atoms with Crippen LogP contribution >= 0.6 is 0 Å². The molecule has 0 N–H and O–H groups in total. The number of Topliss-reactive ketones (excluding diaryl/α,β-unsaturated/α-hetero) is 1. The average Bonchev–Trinajstić information content (AvgIpc) is 2.89. The SMILES string of the molecule is Cc1cc(C#N)cc(C)c1C(=O)C1CC2CCC(C1)N2Cc1ccccc1. The molecule has 3 heteroatoms. The van der Waals surface area contributed by atoms with Crippen LogP contribution in [0.4, 0.5) is 0 Å². The summed E-state index contributed by atoms with van der Waals surface area (Å²) in [7, 11) is 0. The van der Waals surface area contributed by atoms with E-state index in [9.17, 15) is 4.79 Å². The number of carbonyl (C=O) groups excluding carboxylic acids is 1. The summed E-state index contributed by atoms with van der Waals surface area (Å²) in [6, 6.07) is 17.6. The maximum absolute atomic E-state index is 13.3. The molecule has 138 valence electrons. The molecule has 0 saturated carbocycles. The zero-order valence-electron chi connectivity index (χ0n) is 16.1. The lowest BCUT2D eigenvalue weighted by Gasteiger charge is -2.38. The summed E-state index contributed by atoms with van der Waals surface area (Å²) in [5, 5.41) is 9.15. The van der Waals surface area contributed by atoms with Crippen LogP contribution in [0.2, 0.25) is 0 Å². The molecule has 0 aromatic heterocycles. The fourth-order valence-corrected chi connectivity index (χ4v) is 5.16. The van der Waals surface area contributed by atoms with Crippen molar-refractivity contribution in [3.63, 3.8) is 0 Å². The predicted molar refractivity (Wildman–Crippen MR) is 106 cm³/mol. The maximum atomic E-state index is 13.3. The summed E-state index contributed by atoms with van der Waals surface area (Å²) in [6.45, 7) is 4.91. The molecule has 2 aliphatic rings. The molecule has 0 aliphatic carbocycles. The van der Waals surface area contributed by atoms with Crippen molar-refractivity contribution in [1.29, 1.82) is 5.26 Å². The van der Waals surface area contributed by atoms with Gasteiger partial charge in [-0.25, -0.2) is 0 Å². The smallest absolute Gasteiger partial charge is 0.166 e. The molecule has 2 saturated heterocycles. The Hall–Kier alpha value is -2.44. The number of aryl methyl sites for hydroxylation is 2. The summed E-state index contributed by atoms with van der Waals surface area (Å²) in [4.78, 5) is 15.9. The minimum atomic E-state index is 0.111. The minimum absolute atomic E-state index is 0.111. The lowest BCUT2D eigenvalue weighted by molar-refractivity contribution is 0.0677. The zero-order valence-corrected chi connectivity index (χ0v) is 16.1. The molecule has 3 nitrogen and oxygen atoms in total. The van der Waals surface area contributed by atoms with Gasteiger partial charge in [0.25, 0.3) is 0 Å². The number of carbonyl (C=O) groups is 1. The van der Waals surface area contributed by atoms with Crippen molar-refractivity contribution in [3.05, 3.63) is 70.3 Å². The number of fused-ring (bicyclic) bond motifs is 2. The van der Waals surface area contributed by atoms with Crippen LogP contribution in [0.15, 0.2) is 42.5 Å². The van der Waals surface area contributed by atoms with Crippen LogP contribution in [-0.4, -0.2) is 22.8 Å². The van der Waals surface area contributed by atoms with Gasteiger partial charge in [-0.05, 0) is 68.4 Å². The third kappa shape index (κ3) is 3.42. The molecule has 0 spiro atoms. The Labute approximate surface area is 161 Å². The average molecular weight is 358 g/mol. The zero-order chi connectivity index (χ0) is 19.0. The maximum Gasteiger partial charge on any atom is 0.166 e. The third-order valence-electron chi connectivity index (χ3n) is 6.37. The second-order valence-corrected chi connectivity index (χ2v) is 8.17. The van der Waals surface area contributed by atoms with Gasteiger partial charge >= 0.3 is 0 Å². The highest BCUT2D eigenvalue weighted by molar-refractivity contribution is 6.00. The number of benzene rings is 2. The number of hydrogen-bond acceptors (Lipinski definition) is 3. The van der Waals surface area contributed by atoms with Crippen LogP contribution in [0.3, 0.4) is 0 Å². The summed E-state index contributed by atoms with van der Waals surface area (Å²) < 4.78 is 0. The number of rotatable bonds is 4. The van der Waals surface area contributed by atoms with Gasteiger partial charge in [-0.2, -0.15) is 5.26 Å². The Balaban J connectivity index is 1.52. The number of hydrogen-bond donors (Lipinski definition) is 0. The molecular formula is C24H26N2O. The van der Waals surface area contributed by atoms with Crippen LogP contribution in [0.1, 0.15) is 58.3 Å². The van der Waals surface area contributed by atoms with Gasteiger partial charge < -0.3 is 0 Å². The highest BCUT2D eigenvalue weighted by atomic mass is 16.1. The first-order valence-electron chi connectivity index (χ1n) is 9.92. The molecule has 2 atom stereocenters. The van der Waals surface area contributed by atoms with Gasteiger partial charge in [0.1, 0.15) is 0 Å². The summed E-state index contributed by atoms with van der Waals surface area (Å²) in [5.74, 6) is 0.394. The van der Waals surface area contributed by atoms with Crippen molar-refractivity contribution < 1.29 is 4.79 Å². The highest BCUT2D eigenvalue weighted by Crippen LogP contribution is 2.41. The van der Waals surface area contributed by atoms with Gasteiger partial charge in [0.15, 0.2) is 5.78 Å². The van der Waals surface area contributed by atoms with Crippen LogP contribution in [-0.2, 0) is 6.54 Å². The third-order valence-corrected chi connectivity index (χ3v) is 6.37. The van der Waals surface area contributed by atoms with Crippen molar-refractivity contribution >= 4 is 5.78 Å². The predicted octanol–water partition coefficient (Wildman–Crippen LogP) is 4.80. The normalized spacial score (nSPS) is 24.6. The lowest BCUT2D eigenvalue weighted by Crippen LogP contribution is -2.44. The summed E-state index contributed by atoms with van der Waals surface area (Å²) in [6.07, 6.45) is 4.32. The van der Waals surface area contributed by atoms with Gasteiger partial charge in [-0.15, -0.1) is 0 Å². The van der Waals surface area contributed by atoms with Gasteiger partial charge in [-0.1, -0.05) is 30.3 Å². The molecule has 27 heavy (non-hydrogen) atoms. The second-order valence-electron chi connectivity index (χ2n) is 8.17. The van der Waals surface area contributed by atoms with Crippen molar-refractivity contribution in [2.45, 2.75) is 58.2 Å². The quantitative estimate of drug-likeness (QED) is 0.737. The van der Waals surface area contributed by atoms with E-state index < -0.39 is 0 Å². The van der Waals surface area contributed by atoms with Crippen molar-refractivity contribution in [3.8, 4) is 6.07 Å². The Morgan fingerprint density at radius 2 is 1.67 bits per heavy atom. The largest absolute Gasteiger partial charge is 0.294 e. The van der Waals surface area contributed by atoms with Crippen molar-refractivity contribution in [2.75, 3.05) is 0 Å². The monoisotopic (exact) mass is 358 g/mol. The van der Waals surface area contributed by atoms with E-state index in [1.807, 2.05) is 26.0 Å². The standard InChI is InChI=1S/C24H26N2O/c1-16-10-19(14-25)11-17(2)23(16)24(27)20-12-21-8-9-22(13-20)26(21)15-18-6-4-3-5-7-18/h3-7,10-11,20-22H,8-9,12-13,15H2,1-2H3. The summed E-state index contributed by atoms with van der Waals surface area (Å²) in [5.41, 5.74) is 4.72. The van der Waals surface area contributed by atoms with Crippen molar-refractivity contribution in [2.24, 2.45) is 5.92 Å². The number of piperidine rings is 1. The van der Waals surface area contributed by atoms with E-state index in [-0.39, 0.29) is 11.7 Å². The van der Waals surface area contributed by atoms with Crippen molar-refractivity contribution in [1.82, 2.24) is 4.90 Å².